The number of hydrogen-bond donors (Lipinski definition) is 1. The molecule has 1 unspecified atom stereocenters. The normalized spacial score (nSPS) is 22.7. The molecule has 3 aliphatic heterocycles. The predicted octanol–water partition coefficient (Wildman–Crippen LogP) is 3.11. The molecule has 1 aromatic rings. The summed E-state index contributed by atoms with van der Waals surface area (Å²) in [7, 11) is 1.68. The molecule has 3 heterocycles. The molecule has 8 nitrogen and oxygen atoms in total. The van der Waals surface area contributed by atoms with Crippen molar-refractivity contribution in [3.05, 3.63) is 24.3 Å². The van der Waals surface area contributed by atoms with Crippen LogP contribution in [-0.2, 0) is 9.53 Å². The Hall–Kier alpha value is -2.48. The monoisotopic (exact) mass is 472 g/mol. The summed E-state index contributed by atoms with van der Waals surface area (Å²) in [4.78, 5) is 31.7. The lowest BCUT2D eigenvalue weighted by Gasteiger charge is -2.46. The summed E-state index contributed by atoms with van der Waals surface area (Å²) in [6, 6.07) is 8.26. The number of piperidine rings is 1. The van der Waals surface area contributed by atoms with E-state index in [9.17, 15) is 9.59 Å². The van der Waals surface area contributed by atoms with E-state index in [1.807, 2.05) is 35.8 Å². The fourth-order valence-corrected chi connectivity index (χ4v) is 5.50. The zero-order valence-corrected chi connectivity index (χ0v) is 20.9. The first kappa shape index (κ1) is 24.6. The Morgan fingerprint density at radius 3 is 2.53 bits per heavy atom. The number of urea groups is 1. The van der Waals surface area contributed by atoms with Gasteiger partial charge in [0.2, 0.25) is 5.91 Å². The van der Waals surface area contributed by atoms with Crippen molar-refractivity contribution in [3.8, 4) is 5.75 Å². The fourth-order valence-electron chi connectivity index (χ4n) is 5.50. The number of benzene rings is 1. The number of hydrogen-bond acceptors (Lipinski definition) is 5. The largest absolute Gasteiger partial charge is 0.497 e. The molecule has 0 saturated carbocycles. The molecule has 1 spiro atoms. The topological polar surface area (TPSA) is 74.4 Å². The van der Waals surface area contributed by atoms with E-state index in [0.29, 0.717) is 32.0 Å². The highest BCUT2D eigenvalue weighted by Crippen LogP contribution is 2.39. The van der Waals surface area contributed by atoms with Crippen molar-refractivity contribution >= 4 is 17.6 Å². The number of piperazine rings is 1. The first-order valence-electron chi connectivity index (χ1n) is 12.7. The molecule has 34 heavy (non-hydrogen) atoms. The predicted molar refractivity (Wildman–Crippen MR) is 132 cm³/mol. The van der Waals surface area contributed by atoms with E-state index >= 15 is 0 Å². The van der Waals surface area contributed by atoms with E-state index in [4.69, 9.17) is 9.47 Å². The van der Waals surface area contributed by atoms with Crippen molar-refractivity contribution in [3.63, 3.8) is 0 Å². The zero-order valence-electron chi connectivity index (χ0n) is 20.9. The molecule has 0 radical (unpaired) electrons. The molecule has 3 saturated heterocycles. The van der Waals surface area contributed by atoms with Gasteiger partial charge in [0.1, 0.15) is 5.75 Å². The lowest BCUT2D eigenvalue weighted by Crippen LogP contribution is -2.54. The third-order valence-electron chi connectivity index (χ3n) is 7.48. The number of rotatable bonds is 5. The van der Waals surface area contributed by atoms with Crippen LogP contribution in [0.1, 0.15) is 46.0 Å². The Kier molecular flexibility index (Phi) is 7.86. The zero-order chi connectivity index (χ0) is 24.1. The molecule has 0 bridgehead atoms. The number of methoxy groups -OCH3 is 1. The molecule has 0 aliphatic carbocycles. The van der Waals surface area contributed by atoms with Crippen LogP contribution in [0, 0.1) is 5.92 Å². The number of amides is 3. The lowest BCUT2D eigenvalue weighted by atomic mass is 9.78. The van der Waals surface area contributed by atoms with Crippen LogP contribution in [0.25, 0.3) is 0 Å². The van der Waals surface area contributed by atoms with Gasteiger partial charge in [0, 0.05) is 70.1 Å². The Morgan fingerprint density at radius 2 is 1.85 bits per heavy atom. The van der Waals surface area contributed by atoms with E-state index < -0.39 is 0 Å². The van der Waals surface area contributed by atoms with Crippen molar-refractivity contribution in [1.82, 2.24) is 15.1 Å². The summed E-state index contributed by atoms with van der Waals surface area (Å²) in [5.41, 5.74) is 0.967. The Morgan fingerprint density at radius 1 is 1.12 bits per heavy atom. The van der Waals surface area contributed by atoms with Crippen molar-refractivity contribution in [1.29, 1.82) is 0 Å². The van der Waals surface area contributed by atoms with Gasteiger partial charge >= 0.3 is 6.03 Å². The number of carbonyl (C=O) groups excluding carboxylic acids is 2. The van der Waals surface area contributed by atoms with Gasteiger partial charge in [0.25, 0.3) is 0 Å². The number of ether oxygens (including phenoxy) is 2. The molecule has 188 valence electrons. The molecule has 4 rings (SSSR count). The number of nitrogens with zero attached hydrogens (tertiary/aromatic N) is 3. The van der Waals surface area contributed by atoms with Crippen molar-refractivity contribution in [2.24, 2.45) is 5.92 Å². The van der Waals surface area contributed by atoms with Crippen LogP contribution in [0.5, 0.6) is 5.75 Å². The van der Waals surface area contributed by atoms with Gasteiger partial charge in [0.15, 0.2) is 0 Å². The molecule has 3 fully saturated rings. The maximum atomic E-state index is 13.1. The van der Waals surface area contributed by atoms with Gasteiger partial charge in [-0.2, -0.15) is 0 Å². The SMILES string of the molecule is COc1cccc(N2CCN(C(=O)CC3CCOC4(CCN(C(=O)NC(C)C)CC4)C3)CC2)c1. The van der Waals surface area contributed by atoms with Gasteiger partial charge in [-0.05, 0) is 57.6 Å². The Bertz CT molecular complexity index is 845. The molecule has 1 N–H and O–H groups in total. The summed E-state index contributed by atoms with van der Waals surface area (Å²) >= 11 is 0. The molecular weight excluding hydrogens is 432 g/mol. The molecule has 3 amide bonds. The van der Waals surface area contributed by atoms with E-state index in [0.717, 1.165) is 63.3 Å². The Balaban J connectivity index is 1.24. The van der Waals surface area contributed by atoms with Gasteiger partial charge in [-0.25, -0.2) is 4.79 Å². The van der Waals surface area contributed by atoms with Gasteiger partial charge in [0.05, 0.1) is 12.7 Å². The molecule has 3 aliphatic rings. The quantitative estimate of drug-likeness (QED) is 0.713. The Labute approximate surface area is 203 Å². The summed E-state index contributed by atoms with van der Waals surface area (Å²) in [6.45, 7) is 9.28. The molecule has 8 heteroatoms. The number of carbonyl (C=O) groups is 2. The summed E-state index contributed by atoms with van der Waals surface area (Å²) in [5.74, 6) is 1.48. The van der Waals surface area contributed by atoms with Gasteiger partial charge in [-0.15, -0.1) is 0 Å². The minimum absolute atomic E-state index is 0.0143. The van der Waals surface area contributed by atoms with Crippen LogP contribution in [0.2, 0.25) is 0 Å². The summed E-state index contributed by atoms with van der Waals surface area (Å²) in [5, 5.41) is 2.98. The highest BCUT2D eigenvalue weighted by Gasteiger charge is 2.42. The van der Waals surface area contributed by atoms with E-state index in [1.165, 1.54) is 0 Å². The third kappa shape index (κ3) is 5.95. The smallest absolute Gasteiger partial charge is 0.317 e. The van der Waals surface area contributed by atoms with Crippen molar-refractivity contribution in [2.45, 2.75) is 57.6 Å². The van der Waals surface area contributed by atoms with Crippen LogP contribution >= 0.6 is 0 Å². The molecular formula is C26H40N4O4. The minimum atomic E-state index is -0.178. The van der Waals surface area contributed by atoms with Gasteiger partial charge in [-0.3, -0.25) is 4.79 Å². The van der Waals surface area contributed by atoms with Crippen LogP contribution in [-0.4, -0.2) is 86.4 Å². The van der Waals surface area contributed by atoms with Crippen LogP contribution < -0.4 is 15.0 Å². The molecule has 1 aromatic carbocycles. The average Bonchev–Trinajstić information content (AvgIpc) is 2.84. The fraction of sp³-hybridized carbons (Fsp3) is 0.692. The van der Waals surface area contributed by atoms with E-state index in [2.05, 4.69) is 22.3 Å². The second kappa shape index (κ2) is 10.8. The van der Waals surface area contributed by atoms with Crippen LogP contribution in [0.3, 0.4) is 0 Å². The standard InChI is InChI=1S/C26H40N4O4/c1-20(2)27-25(32)30-10-8-26(9-11-30)19-21(7-16-34-26)17-24(31)29-14-12-28(13-15-29)22-5-4-6-23(18-22)33-3/h4-6,18,20-21H,7-17,19H2,1-3H3,(H,27,32). The number of nitrogens with one attached hydrogen (secondary N) is 1. The maximum Gasteiger partial charge on any atom is 0.317 e. The highest BCUT2D eigenvalue weighted by atomic mass is 16.5. The third-order valence-corrected chi connectivity index (χ3v) is 7.48. The van der Waals surface area contributed by atoms with Gasteiger partial charge in [-0.1, -0.05) is 6.07 Å². The van der Waals surface area contributed by atoms with Crippen LogP contribution in [0.4, 0.5) is 10.5 Å². The van der Waals surface area contributed by atoms with Crippen molar-refractivity contribution in [2.75, 3.05) is 57.9 Å². The molecule has 1 atom stereocenters. The first-order chi connectivity index (χ1) is 16.4. The lowest BCUT2D eigenvalue weighted by molar-refractivity contribution is -0.140. The van der Waals surface area contributed by atoms with E-state index in [-0.39, 0.29) is 23.6 Å². The summed E-state index contributed by atoms with van der Waals surface area (Å²) < 4.78 is 11.6. The maximum absolute atomic E-state index is 13.1. The number of likely N-dealkylation sites (tertiary alicyclic amines) is 1. The number of anilines is 1. The summed E-state index contributed by atoms with van der Waals surface area (Å²) in [6.07, 6.45) is 4.16. The highest BCUT2D eigenvalue weighted by molar-refractivity contribution is 5.77. The van der Waals surface area contributed by atoms with Crippen molar-refractivity contribution < 1.29 is 19.1 Å². The second-order valence-corrected chi connectivity index (χ2v) is 10.3. The van der Waals surface area contributed by atoms with Crippen LogP contribution in [0.15, 0.2) is 24.3 Å². The average molecular weight is 473 g/mol. The van der Waals surface area contributed by atoms with E-state index in [1.54, 1.807) is 7.11 Å². The van der Waals surface area contributed by atoms with Gasteiger partial charge < -0.3 is 29.5 Å². The molecule has 0 aromatic heterocycles. The minimum Gasteiger partial charge on any atom is -0.497 e. The second-order valence-electron chi connectivity index (χ2n) is 10.3. The first-order valence-corrected chi connectivity index (χ1v) is 12.7.